The van der Waals surface area contributed by atoms with Gasteiger partial charge < -0.3 is 15.0 Å². The predicted molar refractivity (Wildman–Crippen MR) is 77.4 cm³/mol. The second-order valence-corrected chi connectivity index (χ2v) is 6.05. The highest BCUT2D eigenvalue weighted by Gasteiger charge is 2.27. The Labute approximate surface area is 116 Å². The zero-order valence-corrected chi connectivity index (χ0v) is 12.4. The number of rotatable bonds is 6. The molecule has 1 aromatic heterocycles. The molecule has 0 bridgehead atoms. The van der Waals surface area contributed by atoms with Crippen LogP contribution in [-0.2, 0) is 12.8 Å². The summed E-state index contributed by atoms with van der Waals surface area (Å²) in [6.07, 6.45) is 7.72. The third-order valence-corrected chi connectivity index (χ3v) is 4.23. The predicted octanol–water partition coefficient (Wildman–Crippen LogP) is 2.07. The van der Waals surface area contributed by atoms with Crippen molar-refractivity contribution in [3.63, 3.8) is 0 Å². The first-order valence-electron chi connectivity index (χ1n) is 7.50. The Kier molecular flexibility index (Phi) is 4.63. The smallest absolute Gasteiger partial charge is 0.0954 e. The van der Waals surface area contributed by atoms with Crippen molar-refractivity contribution in [2.75, 3.05) is 13.2 Å². The molecule has 1 aromatic rings. The molecule has 0 amide bonds. The van der Waals surface area contributed by atoms with E-state index >= 15 is 0 Å². The molecule has 0 spiro atoms. The number of nitrogens with one attached hydrogen (secondary N) is 1. The van der Waals surface area contributed by atoms with Gasteiger partial charge in [0.25, 0.3) is 0 Å². The summed E-state index contributed by atoms with van der Waals surface area (Å²) >= 11 is 0. The third kappa shape index (κ3) is 3.18. The molecule has 2 rings (SSSR count). The minimum atomic E-state index is -0.208. The standard InChI is InChI=1S/C15H27N3O/c1-4-17-15(3,10-19)9-12(2)18-11-16-13-7-5-6-8-14(13)18/h11-12,17,19H,4-10H2,1-3H3. The van der Waals surface area contributed by atoms with E-state index in [-0.39, 0.29) is 12.1 Å². The first kappa shape index (κ1) is 14.5. The molecule has 1 heterocycles. The molecule has 0 saturated carbocycles. The van der Waals surface area contributed by atoms with Crippen LogP contribution >= 0.6 is 0 Å². The molecular weight excluding hydrogens is 238 g/mol. The van der Waals surface area contributed by atoms with Gasteiger partial charge in [-0.25, -0.2) is 4.98 Å². The van der Waals surface area contributed by atoms with Crippen molar-refractivity contribution in [2.24, 2.45) is 0 Å². The van der Waals surface area contributed by atoms with Gasteiger partial charge in [-0.15, -0.1) is 0 Å². The monoisotopic (exact) mass is 265 g/mol. The van der Waals surface area contributed by atoms with Crippen molar-refractivity contribution < 1.29 is 5.11 Å². The highest BCUT2D eigenvalue weighted by molar-refractivity contribution is 5.17. The summed E-state index contributed by atoms with van der Waals surface area (Å²) in [6, 6.07) is 0.366. The van der Waals surface area contributed by atoms with Gasteiger partial charge in [0.15, 0.2) is 0 Å². The fraction of sp³-hybridized carbons (Fsp3) is 0.800. The zero-order valence-electron chi connectivity index (χ0n) is 12.4. The minimum Gasteiger partial charge on any atom is -0.394 e. The maximum atomic E-state index is 9.61. The zero-order chi connectivity index (χ0) is 13.9. The Hall–Kier alpha value is -0.870. The molecular formula is C15H27N3O. The molecule has 4 nitrogen and oxygen atoms in total. The average molecular weight is 265 g/mol. The maximum absolute atomic E-state index is 9.61. The molecule has 108 valence electrons. The molecule has 0 fully saturated rings. The van der Waals surface area contributed by atoms with Crippen molar-refractivity contribution in [2.45, 2.75) is 64.5 Å². The van der Waals surface area contributed by atoms with Crippen LogP contribution < -0.4 is 5.32 Å². The molecule has 1 aliphatic rings. The summed E-state index contributed by atoms with van der Waals surface area (Å²) in [5, 5.41) is 13.0. The number of hydrogen-bond donors (Lipinski definition) is 2. The van der Waals surface area contributed by atoms with Crippen LogP contribution in [0.5, 0.6) is 0 Å². The van der Waals surface area contributed by atoms with Gasteiger partial charge >= 0.3 is 0 Å². The first-order chi connectivity index (χ1) is 9.09. The Morgan fingerprint density at radius 2 is 2.21 bits per heavy atom. The number of aliphatic hydroxyl groups excluding tert-OH is 1. The summed E-state index contributed by atoms with van der Waals surface area (Å²) < 4.78 is 2.32. The molecule has 0 aliphatic heterocycles. The lowest BCUT2D eigenvalue weighted by Crippen LogP contribution is -2.47. The number of aromatic nitrogens is 2. The lowest BCUT2D eigenvalue weighted by molar-refractivity contribution is 0.152. The number of aliphatic hydroxyl groups is 1. The summed E-state index contributed by atoms with van der Waals surface area (Å²) in [4.78, 5) is 4.56. The van der Waals surface area contributed by atoms with Crippen LogP contribution in [0.2, 0.25) is 0 Å². The van der Waals surface area contributed by atoms with Crippen molar-refractivity contribution in [1.82, 2.24) is 14.9 Å². The second kappa shape index (κ2) is 6.06. The number of nitrogens with zero attached hydrogens (tertiary/aromatic N) is 2. The lowest BCUT2D eigenvalue weighted by Gasteiger charge is -2.32. The normalized spacial score (nSPS) is 19.8. The average Bonchev–Trinajstić information content (AvgIpc) is 2.83. The van der Waals surface area contributed by atoms with Crippen LogP contribution in [0.15, 0.2) is 6.33 Å². The topological polar surface area (TPSA) is 50.1 Å². The minimum absolute atomic E-state index is 0.169. The van der Waals surface area contributed by atoms with Crippen molar-refractivity contribution in [3.05, 3.63) is 17.7 Å². The van der Waals surface area contributed by atoms with Crippen molar-refractivity contribution in [1.29, 1.82) is 0 Å². The number of likely N-dealkylation sites (N-methyl/N-ethyl adjacent to an activating group) is 1. The van der Waals surface area contributed by atoms with Gasteiger partial charge in [0.05, 0.1) is 18.6 Å². The van der Waals surface area contributed by atoms with Crippen molar-refractivity contribution >= 4 is 0 Å². The van der Waals surface area contributed by atoms with Crippen LogP contribution in [0.1, 0.15) is 57.5 Å². The summed E-state index contributed by atoms with van der Waals surface area (Å²) in [7, 11) is 0. The SMILES string of the molecule is CCNC(C)(CO)CC(C)n1cnc2c1CCCC2. The molecule has 2 N–H and O–H groups in total. The van der Waals surface area contributed by atoms with E-state index in [1.54, 1.807) is 0 Å². The Bertz CT molecular complexity index is 416. The van der Waals surface area contributed by atoms with E-state index in [0.29, 0.717) is 6.04 Å². The molecule has 0 radical (unpaired) electrons. The highest BCUT2D eigenvalue weighted by Crippen LogP contribution is 2.27. The quantitative estimate of drug-likeness (QED) is 0.828. The van der Waals surface area contributed by atoms with Crippen LogP contribution in [0.25, 0.3) is 0 Å². The largest absolute Gasteiger partial charge is 0.394 e. The Morgan fingerprint density at radius 3 is 2.89 bits per heavy atom. The fourth-order valence-electron chi connectivity index (χ4n) is 3.24. The van der Waals surface area contributed by atoms with Gasteiger partial charge in [0, 0.05) is 17.3 Å². The molecule has 0 aromatic carbocycles. The lowest BCUT2D eigenvalue weighted by atomic mass is 9.93. The van der Waals surface area contributed by atoms with E-state index in [0.717, 1.165) is 25.8 Å². The highest BCUT2D eigenvalue weighted by atomic mass is 16.3. The van der Waals surface area contributed by atoms with Gasteiger partial charge in [-0.1, -0.05) is 6.92 Å². The third-order valence-electron chi connectivity index (χ3n) is 4.23. The number of fused-ring (bicyclic) bond motifs is 1. The van der Waals surface area contributed by atoms with Crippen LogP contribution in [0, 0.1) is 0 Å². The van der Waals surface area contributed by atoms with Gasteiger partial charge in [0.1, 0.15) is 0 Å². The van der Waals surface area contributed by atoms with Gasteiger partial charge in [0.2, 0.25) is 0 Å². The van der Waals surface area contributed by atoms with Crippen molar-refractivity contribution in [3.8, 4) is 0 Å². The molecule has 19 heavy (non-hydrogen) atoms. The number of aryl methyl sites for hydroxylation is 1. The molecule has 2 unspecified atom stereocenters. The van der Waals surface area contributed by atoms with E-state index in [9.17, 15) is 5.11 Å². The molecule has 0 saturated heterocycles. The van der Waals surface area contributed by atoms with E-state index in [4.69, 9.17) is 0 Å². The Morgan fingerprint density at radius 1 is 1.47 bits per heavy atom. The van der Waals surface area contributed by atoms with Gasteiger partial charge in [-0.3, -0.25) is 0 Å². The first-order valence-corrected chi connectivity index (χ1v) is 7.50. The van der Waals surface area contributed by atoms with E-state index in [2.05, 4.69) is 35.6 Å². The van der Waals surface area contributed by atoms with Gasteiger partial charge in [-0.05, 0) is 52.5 Å². The summed E-state index contributed by atoms with van der Waals surface area (Å²) in [6.45, 7) is 7.45. The summed E-state index contributed by atoms with van der Waals surface area (Å²) in [5.74, 6) is 0. The number of imidazole rings is 1. The summed E-state index contributed by atoms with van der Waals surface area (Å²) in [5.41, 5.74) is 2.49. The van der Waals surface area contributed by atoms with Gasteiger partial charge in [-0.2, -0.15) is 0 Å². The van der Waals surface area contributed by atoms with Crippen LogP contribution in [-0.4, -0.2) is 33.3 Å². The molecule has 1 aliphatic carbocycles. The molecule has 4 heteroatoms. The number of hydrogen-bond acceptors (Lipinski definition) is 3. The Balaban J connectivity index is 2.11. The maximum Gasteiger partial charge on any atom is 0.0954 e. The van der Waals surface area contributed by atoms with E-state index < -0.39 is 0 Å². The van der Waals surface area contributed by atoms with Crippen LogP contribution in [0.3, 0.4) is 0 Å². The van der Waals surface area contributed by atoms with Crippen LogP contribution in [0.4, 0.5) is 0 Å². The fourth-order valence-corrected chi connectivity index (χ4v) is 3.24. The molecule has 2 atom stereocenters. The van der Waals surface area contributed by atoms with E-state index in [1.807, 2.05) is 6.33 Å². The van der Waals surface area contributed by atoms with E-state index in [1.165, 1.54) is 24.2 Å². The second-order valence-electron chi connectivity index (χ2n) is 6.05.